The van der Waals surface area contributed by atoms with E-state index in [0.29, 0.717) is 58.5 Å². The minimum Gasteiger partial charge on any atom is -0.497 e. The fraction of sp³-hybridized carbons (Fsp3) is 0.304. The van der Waals surface area contributed by atoms with E-state index in [1.165, 1.54) is 60.9 Å². The van der Waals surface area contributed by atoms with Crippen LogP contribution in [0.15, 0.2) is 59.6 Å². The first-order chi connectivity index (χ1) is 32.4. The van der Waals surface area contributed by atoms with Crippen LogP contribution >= 0.6 is 0 Å². The van der Waals surface area contributed by atoms with Gasteiger partial charge in [-0.05, 0) is 60.2 Å². The first-order valence-electron chi connectivity index (χ1n) is 19.1. The van der Waals surface area contributed by atoms with E-state index in [4.69, 9.17) is 44.7 Å². The molecular formula is C46H56N4O20. The molecule has 5 rings (SSSR count). The molecule has 0 aromatic heterocycles. The Morgan fingerprint density at radius 1 is 0.614 bits per heavy atom. The number of rotatable bonds is 15. The van der Waals surface area contributed by atoms with E-state index in [9.17, 15) is 43.7 Å². The highest BCUT2D eigenvalue weighted by Gasteiger charge is 2.27. The van der Waals surface area contributed by atoms with E-state index in [1.54, 1.807) is 49.7 Å². The van der Waals surface area contributed by atoms with Crippen molar-refractivity contribution in [1.82, 2.24) is 0 Å². The fourth-order valence-corrected chi connectivity index (χ4v) is 5.92. The van der Waals surface area contributed by atoms with Crippen LogP contribution < -0.4 is 24.7 Å². The van der Waals surface area contributed by atoms with Gasteiger partial charge in [0.25, 0.3) is 5.09 Å². The van der Waals surface area contributed by atoms with Gasteiger partial charge in [0, 0.05) is 43.0 Å². The van der Waals surface area contributed by atoms with Gasteiger partial charge in [-0.2, -0.15) is 0 Å². The number of nitrogens with two attached hydrogens (primary N) is 1. The highest BCUT2D eigenvalue weighted by molar-refractivity contribution is 5.97. The molecule has 24 nitrogen and oxygen atoms in total. The molecule has 1 aliphatic rings. The summed E-state index contributed by atoms with van der Waals surface area (Å²) >= 11 is 0. The normalized spacial score (nSPS) is 9.71. The van der Waals surface area contributed by atoms with Crippen LogP contribution in [0.1, 0.15) is 78.5 Å². The zero-order chi connectivity index (χ0) is 51.5. The van der Waals surface area contributed by atoms with Crippen molar-refractivity contribution >= 4 is 66.0 Å². The van der Waals surface area contributed by atoms with E-state index in [0.717, 1.165) is 24.6 Å². The minimum atomic E-state index is -1.50. The van der Waals surface area contributed by atoms with Gasteiger partial charge in [0.05, 0.1) is 95.3 Å². The second kappa shape index (κ2) is 32.7. The van der Waals surface area contributed by atoms with Gasteiger partial charge in [0.15, 0.2) is 5.75 Å². The number of methoxy groups -OCH3 is 8. The maximum Gasteiger partial charge on any atom is 0.338 e. The Bertz CT molecular complexity index is 2480. The topological polar surface area (TPSA) is 338 Å². The molecular weight excluding hydrogens is 929 g/mol. The Labute approximate surface area is 402 Å². The third-order valence-corrected chi connectivity index (χ3v) is 8.98. The minimum absolute atomic E-state index is 0. The van der Waals surface area contributed by atoms with Gasteiger partial charge < -0.3 is 63.2 Å². The predicted octanol–water partition coefficient (Wildman–Crippen LogP) is 5.82. The second-order valence-electron chi connectivity index (χ2n) is 12.6. The summed E-state index contributed by atoms with van der Waals surface area (Å²) in [5, 5.41) is 24.6. The number of aldehydes is 3. The van der Waals surface area contributed by atoms with Crippen LogP contribution in [0.2, 0.25) is 0 Å². The van der Waals surface area contributed by atoms with Crippen LogP contribution in [0.5, 0.6) is 23.0 Å². The van der Waals surface area contributed by atoms with E-state index in [2.05, 4.69) is 19.2 Å². The number of esters is 4. The van der Waals surface area contributed by atoms with Gasteiger partial charge in [0.1, 0.15) is 41.8 Å². The molecule has 0 fully saturated rings. The number of carbonyl (C=O) groups is 7. The van der Waals surface area contributed by atoms with E-state index < -0.39 is 33.6 Å². The second-order valence-corrected chi connectivity index (χ2v) is 12.6. The molecule has 0 atom stereocenters. The third-order valence-electron chi connectivity index (χ3n) is 8.98. The fourth-order valence-electron chi connectivity index (χ4n) is 5.92. The number of benzene rings is 4. The van der Waals surface area contributed by atoms with Crippen molar-refractivity contribution in [2.75, 3.05) is 62.6 Å². The van der Waals surface area contributed by atoms with Gasteiger partial charge >= 0.3 is 29.6 Å². The smallest absolute Gasteiger partial charge is 0.338 e. The van der Waals surface area contributed by atoms with Crippen LogP contribution in [-0.4, -0.2) is 121 Å². The number of nitrogen functional groups attached to an aromatic ring is 1. The number of aliphatic imine (C=N–C) groups is 1. The average Bonchev–Trinajstić information content (AvgIpc) is 3.84. The Balaban J connectivity index is 0. The van der Waals surface area contributed by atoms with Gasteiger partial charge in [-0.1, -0.05) is 14.9 Å². The molecule has 4 aromatic rings. The monoisotopic (exact) mass is 984 g/mol. The standard InChI is InChI=1S/C11H11NO6.C11H13NO4.C11H11NO3.C11H12O4.2CH4.HNO3/c1-17-9-4-3-8(11(14)18-2)7(5-6-13)10(9)12(15)16;1-15-9-4-3-8(11(14)16-2)7(5-6-13)10(9)12;1-14-9-4-3-8(11(13)15-2)7-5-6-12-10(7)9;1-14-9-3-4-10(11(13)15-2)8(7-9)5-6-12;;;2-1(3)4/h3-4,6H,5H2,1-2H3;3-4,6H,5,12H2,1-2H3;3-4,6H,5H2,1-2H3;3-4,6-7H,5H2,1-2H3;2*1H4;(H,2,3,4). The van der Waals surface area contributed by atoms with Crippen LogP contribution in [0.4, 0.5) is 17.1 Å². The highest BCUT2D eigenvalue weighted by Crippen LogP contribution is 2.37. The van der Waals surface area contributed by atoms with Crippen molar-refractivity contribution in [3.63, 3.8) is 0 Å². The number of fused-ring (bicyclic) bond motifs is 1. The zero-order valence-electron chi connectivity index (χ0n) is 38.0. The number of ether oxygens (including phenoxy) is 8. The summed E-state index contributed by atoms with van der Waals surface area (Å²) in [7, 11) is 10.9. The van der Waals surface area contributed by atoms with Crippen LogP contribution in [0.25, 0.3) is 0 Å². The van der Waals surface area contributed by atoms with Crippen LogP contribution in [0, 0.1) is 20.2 Å². The van der Waals surface area contributed by atoms with E-state index in [-0.39, 0.29) is 68.2 Å². The van der Waals surface area contributed by atoms with Gasteiger partial charge in [-0.15, -0.1) is 10.1 Å². The molecule has 0 amide bonds. The molecule has 0 unspecified atom stereocenters. The molecule has 24 heteroatoms. The average molecular weight is 985 g/mol. The van der Waals surface area contributed by atoms with Crippen molar-refractivity contribution in [2.45, 2.75) is 40.5 Å². The van der Waals surface area contributed by atoms with E-state index in [1.807, 2.05) is 0 Å². The molecule has 0 saturated heterocycles. The van der Waals surface area contributed by atoms with Gasteiger partial charge in [0.2, 0.25) is 0 Å². The Kier molecular flexibility index (Phi) is 29.5. The highest BCUT2D eigenvalue weighted by atomic mass is 16.9. The van der Waals surface area contributed by atoms with Crippen LogP contribution in [0.3, 0.4) is 0 Å². The summed E-state index contributed by atoms with van der Waals surface area (Å²) in [5.74, 6) is -0.322. The van der Waals surface area contributed by atoms with Gasteiger partial charge in [-0.3, -0.25) is 15.1 Å². The lowest BCUT2D eigenvalue weighted by atomic mass is 10.0. The maximum atomic E-state index is 11.5. The summed E-state index contributed by atoms with van der Waals surface area (Å²) < 4.78 is 38.4. The zero-order valence-corrected chi connectivity index (χ0v) is 38.0. The van der Waals surface area contributed by atoms with Crippen molar-refractivity contribution in [2.24, 2.45) is 4.99 Å². The van der Waals surface area contributed by atoms with Crippen molar-refractivity contribution in [3.8, 4) is 23.0 Å². The lowest BCUT2D eigenvalue weighted by Crippen LogP contribution is -2.10. The lowest BCUT2D eigenvalue weighted by Gasteiger charge is -2.12. The van der Waals surface area contributed by atoms with Crippen molar-refractivity contribution in [3.05, 3.63) is 119 Å². The summed E-state index contributed by atoms with van der Waals surface area (Å²) in [5.41, 5.74) is 9.54. The number of nitro groups is 1. The summed E-state index contributed by atoms with van der Waals surface area (Å²) in [4.78, 5) is 100. The summed E-state index contributed by atoms with van der Waals surface area (Å²) in [6.45, 7) is 0. The number of anilines is 1. The molecule has 0 aliphatic carbocycles. The Hall–Kier alpha value is -8.96. The lowest BCUT2D eigenvalue weighted by molar-refractivity contribution is -0.742. The largest absolute Gasteiger partial charge is 0.497 e. The first kappa shape index (κ1) is 63.1. The summed E-state index contributed by atoms with van der Waals surface area (Å²) in [6, 6.07) is 14.0. The molecule has 70 heavy (non-hydrogen) atoms. The number of hydrogen-bond acceptors (Lipinski definition) is 21. The number of hydrogen-bond donors (Lipinski definition) is 2. The van der Waals surface area contributed by atoms with Crippen molar-refractivity contribution in [1.29, 1.82) is 0 Å². The molecule has 1 aliphatic heterocycles. The number of carbonyl (C=O) groups excluding carboxylic acids is 7. The summed E-state index contributed by atoms with van der Waals surface area (Å²) in [6.07, 6.45) is 4.26. The molecule has 0 spiro atoms. The van der Waals surface area contributed by atoms with E-state index >= 15 is 0 Å². The molecule has 4 aromatic carbocycles. The number of nitro benzene ring substituents is 1. The third kappa shape index (κ3) is 17.7. The van der Waals surface area contributed by atoms with Crippen molar-refractivity contribution < 1.29 is 86.7 Å². The Morgan fingerprint density at radius 3 is 1.49 bits per heavy atom. The molecule has 0 saturated carbocycles. The quantitative estimate of drug-likeness (QED) is 0.0353. The first-order valence-corrected chi connectivity index (χ1v) is 19.1. The molecule has 3 N–H and O–H groups in total. The molecule has 380 valence electrons. The SMILES string of the molecule is C.C.COC(=O)c1ccc(OC)c(N)c1CC=O.COC(=O)c1ccc(OC)c([N+](=O)[O-])c1CC=O.COC(=O)c1ccc(OC)c2c1CC=N2.COC(=O)c1ccc(OC)cc1CC=O.O=[N+]([O-])O. The predicted molar refractivity (Wildman–Crippen MR) is 252 cm³/mol. The van der Waals surface area contributed by atoms with Crippen LogP contribution in [-0.2, 0) is 59.0 Å². The molecule has 1 heterocycles. The molecule has 0 radical (unpaired) electrons. The van der Waals surface area contributed by atoms with Gasteiger partial charge in [-0.25, -0.2) is 19.2 Å². The Morgan fingerprint density at radius 2 is 1.03 bits per heavy atom. The number of nitrogens with zero attached hydrogens (tertiary/aromatic N) is 3. The maximum absolute atomic E-state index is 11.5. The molecule has 0 bridgehead atoms.